The largest absolute Gasteiger partial charge is 0.379 e. The van der Waals surface area contributed by atoms with E-state index in [1.54, 1.807) is 7.11 Å². The van der Waals surface area contributed by atoms with Gasteiger partial charge in [0.2, 0.25) is 0 Å². The Hall–Kier alpha value is -1.47. The molecular weight excluding hydrogens is 294 g/mol. The monoisotopic (exact) mass is 323 g/mol. The van der Waals surface area contributed by atoms with E-state index in [0.717, 1.165) is 38.0 Å². The van der Waals surface area contributed by atoms with Crippen LogP contribution in [-0.4, -0.2) is 52.7 Å². The summed E-state index contributed by atoms with van der Waals surface area (Å²) in [6.07, 6.45) is 2.77. The molecule has 1 saturated heterocycles. The first kappa shape index (κ1) is 17.9. The molecule has 0 saturated carbocycles. The lowest BCUT2D eigenvalue weighted by molar-refractivity contribution is 0.00883. The minimum Gasteiger partial charge on any atom is -0.379 e. The fourth-order valence-electron chi connectivity index (χ4n) is 3.11. The molecular formula is C16H29N5O2. The summed E-state index contributed by atoms with van der Waals surface area (Å²) in [6.45, 7) is 9.87. The standard InChI is InChI=1S/C16H29N5O2/c1-11(10-16(3,4)23-5)18-15(22)14-12(2)21(20-19-14)13-6-8-17-9-7-13/h11,13,17H,6-10H2,1-5H3,(H,18,22). The van der Waals surface area contributed by atoms with E-state index in [4.69, 9.17) is 4.74 Å². The average Bonchev–Trinajstić information content (AvgIpc) is 2.89. The zero-order chi connectivity index (χ0) is 17.0. The molecule has 1 fully saturated rings. The predicted octanol–water partition coefficient (Wildman–Crippen LogP) is 1.44. The highest BCUT2D eigenvalue weighted by Gasteiger charge is 2.25. The van der Waals surface area contributed by atoms with Crippen molar-refractivity contribution in [2.24, 2.45) is 0 Å². The van der Waals surface area contributed by atoms with Crippen LogP contribution in [0.15, 0.2) is 0 Å². The predicted molar refractivity (Wildman–Crippen MR) is 88.5 cm³/mol. The first-order chi connectivity index (χ1) is 10.8. The summed E-state index contributed by atoms with van der Waals surface area (Å²) in [5, 5.41) is 14.7. The molecule has 0 aliphatic carbocycles. The Morgan fingerprint density at radius 1 is 1.48 bits per heavy atom. The van der Waals surface area contributed by atoms with Gasteiger partial charge in [-0.05, 0) is 60.0 Å². The van der Waals surface area contributed by atoms with Gasteiger partial charge < -0.3 is 15.4 Å². The number of nitrogens with zero attached hydrogens (tertiary/aromatic N) is 3. The van der Waals surface area contributed by atoms with E-state index in [1.165, 1.54) is 0 Å². The van der Waals surface area contributed by atoms with E-state index in [0.29, 0.717) is 11.7 Å². The van der Waals surface area contributed by atoms with Gasteiger partial charge in [-0.15, -0.1) is 5.10 Å². The van der Waals surface area contributed by atoms with Crippen LogP contribution in [0.2, 0.25) is 0 Å². The van der Waals surface area contributed by atoms with E-state index < -0.39 is 0 Å². The van der Waals surface area contributed by atoms with Crippen molar-refractivity contribution < 1.29 is 9.53 Å². The average molecular weight is 323 g/mol. The number of piperidine rings is 1. The quantitative estimate of drug-likeness (QED) is 0.828. The molecule has 130 valence electrons. The third kappa shape index (κ3) is 4.51. The SMILES string of the molecule is COC(C)(C)CC(C)NC(=O)c1nnn(C2CCNCC2)c1C. The van der Waals surface area contributed by atoms with Crippen LogP contribution in [0.3, 0.4) is 0 Å². The number of carbonyl (C=O) groups excluding carboxylic acids is 1. The van der Waals surface area contributed by atoms with Gasteiger partial charge in [0.15, 0.2) is 5.69 Å². The normalized spacial score (nSPS) is 18.0. The number of amides is 1. The van der Waals surface area contributed by atoms with Crippen molar-refractivity contribution in [2.45, 2.75) is 64.6 Å². The highest BCUT2D eigenvalue weighted by atomic mass is 16.5. The molecule has 23 heavy (non-hydrogen) atoms. The summed E-state index contributed by atoms with van der Waals surface area (Å²) in [7, 11) is 1.68. The Kier molecular flexibility index (Phi) is 5.75. The number of carbonyl (C=O) groups is 1. The molecule has 0 aromatic carbocycles. The van der Waals surface area contributed by atoms with Crippen LogP contribution >= 0.6 is 0 Å². The van der Waals surface area contributed by atoms with Gasteiger partial charge in [0.05, 0.1) is 17.3 Å². The van der Waals surface area contributed by atoms with Crippen molar-refractivity contribution in [1.82, 2.24) is 25.6 Å². The molecule has 0 spiro atoms. The van der Waals surface area contributed by atoms with E-state index in [2.05, 4.69) is 20.9 Å². The first-order valence-electron chi connectivity index (χ1n) is 8.32. The number of hydrogen-bond donors (Lipinski definition) is 2. The van der Waals surface area contributed by atoms with Crippen molar-refractivity contribution >= 4 is 5.91 Å². The van der Waals surface area contributed by atoms with Crippen LogP contribution in [0.25, 0.3) is 0 Å². The minimum absolute atomic E-state index is 0.000815. The lowest BCUT2D eigenvalue weighted by Gasteiger charge is -2.27. The zero-order valence-electron chi connectivity index (χ0n) is 14.8. The molecule has 1 aliphatic rings. The number of hydrogen-bond acceptors (Lipinski definition) is 5. The molecule has 2 rings (SSSR count). The van der Waals surface area contributed by atoms with Crippen LogP contribution in [0.1, 0.15) is 62.3 Å². The molecule has 1 amide bonds. The Morgan fingerprint density at radius 2 is 2.13 bits per heavy atom. The minimum atomic E-state index is -0.269. The van der Waals surface area contributed by atoms with Crippen molar-refractivity contribution in [2.75, 3.05) is 20.2 Å². The molecule has 1 unspecified atom stereocenters. The number of nitrogens with one attached hydrogen (secondary N) is 2. The lowest BCUT2D eigenvalue weighted by Crippen LogP contribution is -2.39. The molecule has 2 heterocycles. The molecule has 7 heteroatoms. The van der Waals surface area contributed by atoms with Gasteiger partial charge in [0, 0.05) is 13.2 Å². The fraction of sp³-hybridized carbons (Fsp3) is 0.812. The lowest BCUT2D eigenvalue weighted by atomic mass is 10.00. The van der Waals surface area contributed by atoms with Crippen LogP contribution in [0.5, 0.6) is 0 Å². The van der Waals surface area contributed by atoms with Gasteiger partial charge >= 0.3 is 0 Å². The van der Waals surface area contributed by atoms with Crippen LogP contribution in [-0.2, 0) is 4.74 Å². The number of ether oxygens (including phenoxy) is 1. The second-order valence-electron chi connectivity index (χ2n) is 6.99. The summed E-state index contributed by atoms with van der Waals surface area (Å²) in [5.41, 5.74) is 0.993. The highest BCUT2D eigenvalue weighted by Crippen LogP contribution is 2.20. The Labute approximate surface area is 138 Å². The number of rotatable bonds is 6. The highest BCUT2D eigenvalue weighted by molar-refractivity contribution is 5.93. The Bertz CT molecular complexity index is 535. The third-order valence-electron chi connectivity index (χ3n) is 4.52. The van der Waals surface area contributed by atoms with Crippen molar-refractivity contribution in [3.63, 3.8) is 0 Å². The number of methoxy groups -OCH3 is 1. The fourth-order valence-corrected chi connectivity index (χ4v) is 3.11. The van der Waals surface area contributed by atoms with Gasteiger partial charge in [-0.3, -0.25) is 4.79 Å². The van der Waals surface area contributed by atoms with E-state index in [1.807, 2.05) is 32.4 Å². The van der Waals surface area contributed by atoms with Gasteiger partial charge in [-0.2, -0.15) is 0 Å². The Morgan fingerprint density at radius 3 is 2.74 bits per heavy atom. The van der Waals surface area contributed by atoms with Crippen molar-refractivity contribution in [3.05, 3.63) is 11.4 Å². The number of aromatic nitrogens is 3. The molecule has 7 nitrogen and oxygen atoms in total. The van der Waals surface area contributed by atoms with Gasteiger partial charge in [0.1, 0.15) is 0 Å². The van der Waals surface area contributed by atoms with E-state index in [-0.39, 0.29) is 17.6 Å². The molecule has 1 atom stereocenters. The van der Waals surface area contributed by atoms with Crippen molar-refractivity contribution in [1.29, 1.82) is 0 Å². The summed E-state index contributed by atoms with van der Waals surface area (Å²) in [4.78, 5) is 12.5. The molecule has 0 bridgehead atoms. The smallest absolute Gasteiger partial charge is 0.273 e. The van der Waals surface area contributed by atoms with E-state index in [9.17, 15) is 4.79 Å². The molecule has 0 radical (unpaired) electrons. The third-order valence-corrected chi connectivity index (χ3v) is 4.52. The van der Waals surface area contributed by atoms with Gasteiger partial charge in [0.25, 0.3) is 5.91 Å². The summed E-state index contributed by atoms with van der Waals surface area (Å²) in [5.74, 6) is -0.165. The molecule has 1 aromatic rings. The molecule has 1 aliphatic heterocycles. The van der Waals surface area contributed by atoms with Crippen molar-refractivity contribution in [3.8, 4) is 0 Å². The second-order valence-corrected chi connectivity index (χ2v) is 6.99. The maximum atomic E-state index is 12.5. The Balaban J connectivity index is 2.01. The molecule has 2 N–H and O–H groups in total. The van der Waals surface area contributed by atoms with E-state index >= 15 is 0 Å². The van der Waals surface area contributed by atoms with Crippen LogP contribution in [0, 0.1) is 6.92 Å². The van der Waals surface area contributed by atoms with Crippen LogP contribution in [0.4, 0.5) is 0 Å². The maximum Gasteiger partial charge on any atom is 0.273 e. The topological polar surface area (TPSA) is 81.1 Å². The first-order valence-corrected chi connectivity index (χ1v) is 8.32. The second kappa shape index (κ2) is 7.40. The summed E-state index contributed by atoms with van der Waals surface area (Å²) >= 11 is 0. The van der Waals surface area contributed by atoms with Crippen LogP contribution < -0.4 is 10.6 Å². The maximum absolute atomic E-state index is 12.5. The summed E-state index contributed by atoms with van der Waals surface area (Å²) in [6, 6.07) is 0.330. The summed E-state index contributed by atoms with van der Waals surface area (Å²) < 4.78 is 7.32. The molecule has 1 aromatic heterocycles. The van der Waals surface area contributed by atoms with Gasteiger partial charge in [-0.1, -0.05) is 5.21 Å². The zero-order valence-corrected chi connectivity index (χ0v) is 14.8. The van der Waals surface area contributed by atoms with Gasteiger partial charge in [-0.25, -0.2) is 4.68 Å².